The fourth-order valence-electron chi connectivity index (χ4n) is 4.83. The van der Waals surface area contributed by atoms with E-state index in [9.17, 15) is 9.59 Å². The minimum Gasteiger partial charge on any atom is -0.344 e. The molecule has 0 aromatic carbocycles. The van der Waals surface area contributed by atoms with Crippen molar-refractivity contribution in [2.75, 3.05) is 26.7 Å². The minimum atomic E-state index is -0.0386. The van der Waals surface area contributed by atoms with E-state index in [0.717, 1.165) is 19.4 Å². The van der Waals surface area contributed by atoms with Crippen molar-refractivity contribution in [1.82, 2.24) is 25.6 Å². The van der Waals surface area contributed by atoms with Gasteiger partial charge >= 0.3 is 0 Å². The molecule has 2 saturated heterocycles. The molecule has 3 heterocycles. The number of hydrogen-bond acceptors (Lipinski definition) is 5. The molecule has 0 bridgehead atoms. The summed E-state index contributed by atoms with van der Waals surface area (Å²) >= 11 is 0. The summed E-state index contributed by atoms with van der Waals surface area (Å²) in [6.45, 7) is 1.99. The number of pyridine rings is 1. The average molecular weight is 371 g/mol. The van der Waals surface area contributed by atoms with E-state index in [-0.39, 0.29) is 17.7 Å². The lowest BCUT2D eigenvalue weighted by Crippen LogP contribution is -2.47. The number of hydrogen-bond donors (Lipinski definition) is 2. The van der Waals surface area contributed by atoms with Crippen molar-refractivity contribution in [2.24, 2.45) is 11.8 Å². The fourth-order valence-corrected chi connectivity index (χ4v) is 4.83. The van der Waals surface area contributed by atoms with Crippen LogP contribution in [0.3, 0.4) is 0 Å². The van der Waals surface area contributed by atoms with Gasteiger partial charge in [0, 0.05) is 50.9 Å². The van der Waals surface area contributed by atoms with E-state index in [1.807, 2.05) is 22.9 Å². The molecule has 1 aliphatic carbocycles. The predicted molar refractivity (Wildman–Crippen MR) is 102 cm³/mol. The lowest BCUT2D eigenvalue weighted by Gasteiger charge is -2.34. The fraction of sp³-hybridized carbons (Fsp3) is 0.650. The lowest BCUT2D eigenvalue weighted by atomic mass is 9.93. The van der Waals surface area contributed by atoms with Crippen LogP contribution in [0.1, 0.15) is 42.6 Å². The Morgan fingerprint density at radius 3 is 2.74 bits per heavy atom. The van der Waals surface area contributed by atoms with Crippen molar-refractivity contribution in [1.29, 1.82) is 0 Å². The van der Waals surface area contributed by atoms with E-state index in [0.29, 0.717) is 36.8 Å². The highest BCUT2D eigenvalue weighted by atomic mass is 16.2. The molecule has 2 aliphatic heterocycles. The third-order valence-corrected chi connectivity index (χ3v) is 6.40. The quantitative estimate of drug-likeness (QED) is 0.827. The Hall–Kier alpha value is -1.99. The van der Waals surface area contributed by atoms with Crippen LogP contribution in [0.25, 0.3) is 0 Å². The summed E-state index contributed by atoms with van der Waals surface area (Å²) in [5.74, 6) is 0.821. The van der Waals surface area contributed by atoms with Crippen LogP contribution in [0, 0.1) is 11.8 Å². The molecular formula is C20H29N5O2. The zero-order valence-electron chi connectivity index (χ0n) is 15.9. The van der Waals surface area contributed by atoms with Gasteiger partial charge in [-0.2, -0.15) is 0 Å². The van der Waals surface area contributed by atoms with Gasteiger partial charge in [-0.15, -0.1) is 0 Å². The van der Waals surface area contributed by atoms with Crippen LogP contribution in [0.15, 0.2) is 24.4 Å². The van der Waals surface area contributed by atoms with Crippen molar-refractivity contribution in [3.8, 4) is 0 Å². The third-order valence-electron chi connectivity index (χ3n) is 6.40. The normalized spacial score (nSPS) is 28.2. The first-order valence-corrected chi connectivity index (χ1v) is 10.1. The van der Waals surface area contributed by atoms with Crippen LogP contribution in [-0.4, -0.2) is 65.4 Å². The molecule has 4 rings (SSSR count). The second kappa shape index (κ2) is 7.94. The van der Waals surface area contributed by atoms with Gasteiger partial charge in [0.2, 0.25) is 5.91 Å². The number of fused-ring (bicyclic) bond motifs is 1. The molecule has 2 N–H and O–H groups in total. The number of hydrazine groups is 1. The smallest absolute Gasteiger partial charge is 0.272 e. The summed E-state index contributed by atoms with van der Waals surface area (Å²) in [6.07, 6.45) is 6.84. The number of rotatable bonds is 4. The summed E-state index contributed by atoms with van der Waals surface area (Å²) < 4.78 is 0. The topological polar surface area (TPSA) is 77.6 Å². The molecule has 3 atom stereocenters. The van der Waals surface area contributed by atoms with E-state index >= 15 is 0 Å². The van der Waals surface area contributed by atoms with Crippen LogP contribution >= 0.6 is 0 Å². The minimum absolute atomic E-state index is 0.0107. The highest BCUT2D eigenvalue weighted by molar-refractivity contribution is 5.92. The number of likely N-dealkylation sites (N-methyl/N-ethyl adjacent to an activating group) is 1. The molecule has 146 valence electrons. The van der Waals surface area contributed by atoms with Crippen molar-refractivity contribution >= 4 is 11.8 Å². The molecule has 0 radical (unpaired) electrons. The van der Waals surface area contributed by atoms with Crippen LogP contribution in [0.2, 0.25) is 0 Å². The highest BCUT2D eigenvalue weighted by Crippen LogP contribution is 2.32. The molecule has 3 aliphatic rings. The maximum absolute atomic E-state index is 12.9. The van der Waals surface area contributed by atoms with Gasteiger partial charge in [0.05, 0.1) is 0 Å². The Morgan fingerprint density at radius 2 is 2.00 bits per heavy atom. The van der Waals surface area contributed by atoms with Gasteiger partial charge < -0.3 is 9.80 Å². The standard InChI is InChI=1S/C20H29N5O2/c1-24(13-18-15-5-4-7-16(15)22-23-18)19(26)14-8-11-25(12-9-14)20(27)17-6-2-3-10-21-17/h2-3,6,10,14-16,18,22-23H,4-5,7-9,11-13H2,1H3. The largest absolute Gasteiger partial charge is 0.344 e. The molecule has 3 unspecified atom stereocenters. The first-order chi connectivity index (χ1) is 13.1. The summed E-state index contributed by atoms with van der Waals surface area (Å²) in [6, 6.07) is 6.29. The van der Waals surface area contributed by atoms with Crippen molar-refractivity contribution in [3.63, 3.8) is 0 Å². The molecule has 1 aromatic rings. The number of piperidine rings is 1. The lowest BCUT2D eigenvalue weighted by molar-refractivity contribution is -0.136. The Kier molecular flexibility index (Phi) is 5.41. The van der Waals surface area contributed by atoms with Gasteiger partial charge in [-0.25, -0.2) is 0 Å². The maximum Gasteiger partial charge on any atom is 0.272 e. The Morgan fingerprint density at radius 1 is 1.19 bits per heavy atom. The second-order valence-electron chi connectivity index (χ2n) is 8.10. The Balaban J connectivity index is 1.27. The van der Waals surface area contributed by atoms with Gasteiger partial charge in [0.25, 0.3) is 5.91 Å². The number of amides is 2. The number of carbonyl (C=O) groups excluding carboxylic acids is 2. The van der Waals surface area contributed by atoms with Crippen molar-refractivity contribution < 1.29 is 9.59 Å². The van der Waals surface area contributed by atoms with Gasteiger partial charge in [-0.05, 0) is 43.7 Å². The van der Waals surface area contributed by atoms with E-state index in [2.05, 4.69) is 15.8 Å². The van der Waals surface area contributed by atoms with Crippen molar-refractivity contribution in [3.05, 3.63) is 30.1 Å². The maximum atomic E-state index is 12.9. The molecule has 3 fully saturated rings. The predicted octanol–water partition coefficient (Wildman–Crippen LogP) is 1.04. The Labute approximate surface area is 160 Å². The number of nitrogens with zero attached hydrogens (tertiary/aromatic N) is 3. The molecule has 1 aromatic heterocycles. The first kappa shape index (κ1) is 18.4. The third kappa shape index (κ3) is 3.84. The second-order valence-corrected chi connectivity index (χ2v) is 8.10. The summed E-state index contributed by atoms with van der Waals surface area (Å²) in [4.78, 5) is 33.2. The van der Waals surface area contributed by atoms with Crippen LogP contribution in [0.4, 0.5) is 0 Å². The van der Waals surface area contributed by atoms with Gasteiger partial charge in [-0.3, -0.25) is 25.4 Å². The monoisotopic (exact) mass is 371 g/mol. The van der Waals surface area contributed by atoms with E-state index < -0.39 is 0 Å². The van der Waals surface area contributed by atoms with Gasteiger partial charge in [0.1, 0.15) is 5.69 Å². The number of nitrogens with one attached hydrogen (secondary N) is 2. The summed E-state index contributed by atoms with van der Waals surface area (Å²) in [5, 5.41) is 0. The number of aromatic nitrogens is 1. The number of likely N-dealkylation sites (tertiary alicyclic amines) is 1. The molecule has 27 heavy (non-hydrogen) atoms. The summed E-state index contributed by atoms with van der Waals surface area (Å²) in [5.41, 5.74) is 7.25. The zero-order chi connectivity index (χ0) is 18.8. The van der Waals surface area contributed by atoms with E-state index in [4.69, 9.17) is 0 Å². The zero-order valence-corrected chi connectivity index (χ0v) is 15.9. The molecule has 1 saturated carbocycles. The molecule has 2 amide bonds. The van der Waals surface area contributed by atoms with Gasteiger partial charge in [-0.1, -0.05) is 12.5 Å². The van der Waals surface area contributed by atoms with Gasteiger partial charge in [0.15, 0.2) is 0 Å². The first-order valence-electron chi connectivity index (χ1n) is 10.1. The van der Waals surface area contributed by atoms with Crippen LogP contribution in [0.5, 0.6) is 0 Å². The molecule has 7 heteroatoms. The van der Waals surface area contributed by atoms with Crippen LogP contribution in [-0.2, 0) is 4.79 Å². The SMILES string of the molecule is CN(CC1NNC2CCCC21)C(=O)C1CCN(C(=O)c2ccccn2)CC1. The summed E-state index contributed by atoms with van der Waals surface area (Å²) in [7, 11) is 1.91. The number of carbonyl (C=O) groups is 2. The average Bonchev–Trinajstić information content (AvgIpc) is 3.33. The molecule has 7 nitrogen and oxygen atoms in total. The van der Waals surface area contributed by atoms with Crippen LogP contribution < -0.4 is 10.9 Å². The Bertz CT molecular complexity index is 674. The van der Waals surface area contributed by atoms with Crippen molar-refractivity contribution in [2.45, 2.75) is 44.2 Å². The molecular weight excluding hydrogens is 342 g/mol. The highest BCUT2D eigenvalue weighted by Gasteiger charge is 2.40. The van der Waals surface area contributed by atoms with E-state index in [1.54, 1.807) is 18.3 Å². The van der Waals surface area contributed by atoms with E-state index in [1.165, 1.54) is 19.3 Å². The molecule has 0 spiro atoms.